The zero-order valence-electron chi connectivity index (χ0n) is 8.47. The van der Waals surface area contributed by atoms with Crippen molar-refractivity contribution in [3.63, 3.8) is 0 Å². The van der Waals surface area contributed by atoms with Gasteiger partial charge in [0.2, 0.25) is 0 Å². The number of carbonyl (C=O) groups excluding carboxylic acids is 1. The van der Waals surface area contributed by atoms with E-state index in [2.05, 4.69) is 9.72 Å². The molecule has 15 heavy (non-hydrogen) atoms. The lowest BCUT2D eigenvalue weighted by molar-refractivity contribution is 0.0606. The first-order valence-corrected chi connectivity index (χ1v) is 5.76. The molecule has 4 nitrogen and oxygen atoms in total. The topological polar surface area (TPSA) is 59.4 Å². The molecule has 2 rings (SSSR count). The van der Waals surface area contributed by atoms with Crippen molar-refractivity contribution in [2.75, 3.05) is 7.11 Å². The highest BCUT2D eigenvalue weighted by atomic mass is 32.1. The van der Waals surface area contributed by atoms with Gasteiger partial charge in [0.1, 0.15) is 16.0 Å². The Labute approximate surface area is 91.9 Å². The summed E-state index contributed by atoms with van der Waals surface area (Å²) in [5.74, 6) is -0.0683. The van der Waals surface area contributed by atoms with Crippen molar-refractivity contribution >= 4 is 17.3 Å². The zero-order chi connectivity index (χ0) is 10.8. The number of aliphatic hydroxyl groups is 1. The van der Waals surface area contributed by atoms with Gasteiger partial charge in [-0.3, -0.25) is 0 Å². The molecular weight excluding hydrogens is 214 g/mol. The minimum Gasteiger partial charge on any atom is -0.465 e. The smallest absolute Gasteiger partial charge is 0.349 e. The van der Waals surface area contributed by atoms with Gasteiger partial charge in [-0.25, -0.2) is 9.78 Å². The van der Waals surface area contributed by atoms with Crippen LogP contribution in [-0.2, 0) is 4.74 Å². The molecule has 1 fully saturated rings. The average Bonchev–Trinajstić information content (AvgIpc) is 2.62. The van der Waals surface area contributed by atoms with E-state index in [9.17, 15) is 9.90 Å². The second kappa shape index (κ2) is 4.28. The van der Waals surface area contributed by atoms with E-state index >= 15 is 0 Å². The van der Waals surface area contributed by atoms with Crippen molar-refractivity contribution in [2.24, 2.45) is 5.92 Å². The molecule has 1 unspecified atom stereocenters. The lowest BCUT2D eigenvalue weighted by atomic mass is 9.81. The maximum absolute atomic E-state index is 11.2. The van der Waals surface area contributed by atoms with Crippen LogP contribution in [0.3, 0.4) is 0 Å². The maximum Gasteiger partial charge on any atom is 0.349 e. The van der Waals surface area contributed by atoms with Gasteiger partial charge in [-0.15, -0.1) is 11.3 Å². The minimum atomic E-state index is -0.512. The van der Waals surface area contributed by atoms with Crippen LogP contribution in [0.2, 0.25) is 0 Å². The Morgan fingerprint density at radius 3 is 3.00 bits per heavy atom. The number of methoxy groups -OCH3 is 1. The van der Waals surface area contributed by atoms with Crippen molar-refractivity contribution < 1.29 is 14.6 Å². The van der Waals surface area contributed by atoms with Crippen LogP contribution in [-0.4, -0.2) is 23.2 Å². The summed E-state index contributed by atoms with van der Waals surface area (Å²) >= 11 is 1.22. The number of aromatic nitrogens is 1. The monoisotopic (exact) mass is 227 g/mol. The summed E-state index contributed by atoms with van der Waals surface area (Å²) in [6.07, 6.45) is 4.23. The van der Waals surface area contributed by atoms with E-state index in [0.29, 0.717) is 15.8 Å². The molecule has 1 aromatic heterocycles. The number of esters is 1. The van der Waals surface area contributed by atoms with Crippen molar-refractivity contribution in [3.8, 4) is 0 Å². The summed E-state index contributed by atoms with van der Waals surface area (Å²) in [5, 5.41) is 10.5. The molecule has 0 amide bonds. The van der Waals surface area contributed by atoms with Crippen LogP contribution in [0.15, 0.2) is 6.20 Å². The third kappa shape index (κ3) is 2.03. The van der Waals surface area contributed by atoms with Gasteiger partial charge in [-0.05, 0) is 18.8 Å². The summed E-state index contributed by atoms with van der Waals surface area (Å²) in [5.41, 5.74) is 0. The highest BCUT2D eigenvalue weighted by Gasteiger charge is 2.29. The summed E-state index contributed by atoms with van der Waals surface area (Å²) in [6.45, 7) is 0. The van der Waals surface area contributed by atoms with Crippen molar-refractivity contribution in [1.82, 2.24) is 4.98 Å². The molecule has 1 aliphatic rings. The fourth-order valence-electron chi connectivity index (χ4n) is 1.58. The minimum absolute atomic E-state index is 0.321. The normalized spacial score (nSPS) is 18.3. The number of hydrogen-bond acceptors (Lipinski definition) is 5. The van der Waals surface area contributed by atoms with Crippen LogP contribution in [0.5, 0.6) is 0 Å². The van der Waals surface area contributed by atoms with Gasteiger partial charge in [0.25, 0.3) is 0 Å². The molecule has 0 saturated heterocycles. The number of nitrogens with zero attached hydrogens (tertiary/aromatic N) is 1. The Balaban J connectivity index is 2.08. The quantitative estimate of drug-likeness (QED) is 0.799. The van der Waals surface area contributed by atoms with Crippen molar-refractivity contribution in [1.29, 1.82) is 0 Å². The Morgan fingerprint density at radius 2 is 2.47 bits per heavy atom. The van der Waals surface area contributed by atoms with Gasteiger partial charge >= 0.3 is 5.97 Å². The Hall–Kier alpha value is -0.940. The molecule has 0 aliphatic heterocycles. The molecule has 1 N–H and O–H groups in total. The third-order valence-electron chi connectivity index (χ3n) is 2.76. The molecule has 0 aromatic carbocycles. The number of thiazole rings is 1. The van der Waals surface area contributed by atoms with E-state index in [-0.39, 0.29) is 5.97 Å². The Kier molecular flexibility index (Phi) is 3.02. The Bertz CT molecular complexity index is 359. The first-order chi connectivity index (χ1) is 7.22. The molecule has 1 heterocycles. The third-order valence-corrected chi connectivity index (χ3v) is 3.81. The fourth-order valence-corrected chi connectivity index (χ4v) is 2.49. The first-order valence-electron chi connectivity index (χ1n) is 4.94. The highest BCUT2D eigenvalue weighted by Crippen LogP contribution is 2.38. The molecular formula is C10H13NO3S. The zero-order valence-corrected chi connectivity index (χ0v) is 9.29. The van der Waals surface area contributed by atoms with Crippen LogP contribution < -0.4 is 0 Å². The van der Waals surface area contributed by atoms with Crippen LogP contribution in [0.4, 0.5) is 0 Å². The molecule has 1 aromatic rings. The molecule has 1 aliphatic carbocycles. The van der Waals surface area contributed by atoms with E-state index in [1.54, 1.807) is 0 Å². The molecule has 0 bridgehead atoms. The number of aliphatic hydroxyl groups excluding tert-OH is 1. The van der Waals surface area contributed by atoms with Crippen LogP contribution in [0.1, 0.15) is 40.0 Å². The van der Waals surface area contributed by atoms with E-state index in [4.69, 9.17) is 0 Å². The molecule has 5 heteroatoms. The lowest BCUT2D eigenvalue weighted by Crippen LogP contribution is -2.19. The van der Waals surface area contributed by atoms with E-state index < -0.39 is 6.10 Å². The van der Waals surface area contributed by atoms with Gasteiger partial charge in [-0.1, -0.05) is 6.42 Å². The molecule has 0 radical (unpaired) electrons. The van der Waals surface area contributed by atoms with Gasteiger partial charge in [0.15, 0.2) is 0 Å². The average molecular weight is 227 g/mol. The van der Waals surface area contributed by atoms with Gasteiger partial charge in [0.05, 0.1) is 13.3 Å². The SMILES string of the molecule is COC(=O)c1cnc(C(O)C2CCC2)s1. The van der Waals surface area contributed by atoms with Crippen molar-refractivity contribution in [2.45, 2.75) is 25.4 Å². The first kappa shape index (κ1) is 10.6. The largest absolute Gasteiger partial charge is 0.465 e. The number of carbonyl (C=O) groups is 1. The fraction of sp³-hybridized carbons (Fsp3) is 0.600. The second-order valence-corrected chi connectivity index (χ2v) is 4.75. The highest BCUT2D eigenvalue weighted by molar-refractivity contribution is 7.13. The van der Waals surface area contributed by atoms with Crippen LogP contribution in [0, 0.1) is 5.92 Å². The summed E-state index contributed by atoms with van der Waals surface area (Å²) in [4.78, 5) is 15.7. The number of ether oxygens (including phenoxy) is 1. The van der Waals surface area contributed by atoms with E-state index in [0.717, 1.165) is 12.8 Å². The molecule has 1 atom stereocenters. The van der Waals surface area contributed by atoms with E-state index in [1.807, 2.05) is 0 Å². The van der Waals surface area contributed by atoms with Crippen LogP contribution in [0.25, 0.3) is 0 Å². The van der Waals surface area contributed by atoms with Gasteiger partial charge in [0, 0.05) is 0 Å². The second-order valence-electron chi connectivity index (χ2n) is 3.69. The summed E-state index contributed by atoms with van der Waals surface area (Å²) in [6, 6.07) is 0. The molecule has 0 spiro atoms. The Morgan fingerprint density at radius 1 is 1.73 bits per heavy atom. The standard InChI is InChI=1S/C10H13NO3S/c1-14-10(13)7-5-11-9(15-7)8(12)6-3-2-4-6/h5-6,8,12H,2-4H2,1H3. The predicted octanol–water partition coefficient (Wildman–Crippen LogP) is 1.76. The number of rotatable bonds is 3. The summed E-state index contributed by atoms with van der Waals surface area (Å²) < 4.78 is 4.58. The predicted molar refractivity (Wildman–Crippen MR) is 55.8 cm³/mol. The molecule has 82 valence electrons. The van der Waals surface area contributed by atoms with E-state index in [1.165, 1.54) is 31.1 Å². The van der Waals surface area contributed by atoms with Crippen molar-refractivity contribution in [3.05, 3.63) is 16.1 Å². The van der Waals surface area contributed by atoms with Crippen LogP contribution >= 0.6 is 11.3 Å². The maximum atomic E-state index is 11.2. The molecule has 1 saturated carbocycles. The summed E-state index contributed by atoms with van der Waals surface area (Å²) in [7, 11) is 1.34. The van der Waals surface area contributed by atoms with Gasteiger partial charge < -0.3 is 9.84 Å². The number of hydrogen-bond donors (Lipinski definition) is 1. The van der Waals surface area contributed by atoms with Gasteiger partial charge in [-0.2, -0.15) is 0 Å². The lowest BCUT2D eigenvalue weighted by Gasteiger charge is -2.28.